The molecule has 1 aromatic rings. The van der Waals surface area contributed by atoms with Gasteiger partial charge in [-0.3, -0.25) is 9.79 Å². The lowest BCUT2D eigenvalue weighted by Gasteiger charge is -2.28. The fourth-order valence-corrected chi connectivity index (χ4v) is 3.57. The van der Waals surface area contributed by atoms with Crippen LogP contribution in [0.25, 0.3) is 0 Å². The Bertz CT molecular complexity index is 594. The summed E-state index contributed by atoms with van der Waals surface area (Å²) in [6.45, 7) is 4.69. The minimum Gasteiger partial charge on any atom is -0.356 e. The van der Waals surface area contributed by atoms with Gasteiger partial charge in [-0.15, -0.1) is 24.0 Å². The van der Waals surface area contributed by atoms with Crippen molar-refractivity contribution in [1.29, 1.82) is 0 Å². The summed E-state index contributed by atoms with van der Waals surface area (Å²) >= 11 is 3.46. The predicted molar refractivity (Wildman–Crippen MR) is 122 cm³/mol. The molecule has 1 aliphatic rings. The van der Waals surface area contributed by atoms with Gasteiger partial charge in [0.05, 0.1) is 0 Å². The fourth-order valence-electron chi connectivity index (χ4n) is 3.31. The van der Waals surface area contributed by atoms with E-state index in [0.29, 0.717) is 18.4 Å². The highest BCUT2D eigenvalue weighted by Gasteiger charge is 2.26. The molecule has 1 heterocycles. The molecule has 0 aromatic heterocycles. The van der Waals surface area contributed by atoms with Gasteiger partial charge in [-0.1, -0.05) is 35.0 Å². The number of amides is 1. The van der Waals surface area contributed by atoms with Crippen LogP contribution in [0.1, 0.15) is 38.2 Å². The Morgan fingerprint density at radius 3 is 2.62 bits per heavy atom. The summed E-state index contributed by atoms with van der Waals surface area (Å²) in [6.07, 6.45) is 3.66. The maximum Gasteiger partial charge on any atom is 0.222 e. The summed E-state index contributed by atoms with van der Waals surface area (Å²) in [5.41, 5.74) is 1.24. The molecule has 0 bridgehead atoms. The number of nitrogens with zero attached hydrogens (tertiary/aromatic N) is 3. The van der Waals surface area contributed by atoms with E-state index in [1.807, 2.05) is 14.1 Å². The van der Waals surface area contributed by atoms with Crippen LogP contribution in [0.2, 0.25) is 0 Å². The van der Waals surface area contributed by atoms with Crippen molar-refractivity contribution in [2.24, 2.45) is 4.99 Å². The second-order valence-electron chi connectivity index (χ2n) is 6.50. The van der Waals surface area contributed by atoms with E-state index in [2.05, 4.69) is 67.2 Å². The van der Waals surface area contributed by atoms with Crippen LogP contribution in [-0.2, 0) is 11.3 Å². The van der Waals surface area contributed by atoms with Crippen molar-refractivity contribution in [1.82, 2.24) is 15.1 Å². The number of carbonyl (C=O) groups is 1. The van der Waals surface area contributed by atoms with Crippen LogP contribution >= 0.6 is 39.9 Å². The first-order chi connectivity index (χ1) is 12.0. The maximum absolute atomic E-state index is 11.9. The lowest BCUT2D eigenvalue weighted by molar-refractivity contribution is -0.129. The van der Waals surface area contributed by atoms with Crippen LogP contribution in [-0.4, -0.2) is 54.9 Å². The van der Waals surface area contributed by atoms with Gasteiger partial charge in [0, 0.05) is 50.7 Å². The zero-order valence-electron chi connectivity index (χ0n) is 15.9. The lowest BCUT2D eigenvalue weighted by atomic mass is 10.1. The van der Waals surface area contributed by atoms with Crippen LogP contribution in [0.15, 0.2) is 33.7 Å². The second-order valence-corrected chi connectivity index (χ2v) is 7.41. The molecule has 0 radical (unpaired) electrons. The third kappa shape index (κ3) is 6.72. The number of nitrogens with one attached hydrogen (secondary N) is 1. The van der Waals surface area contributed by atoms with Crippen LogP contribution in [0.3, 0.4) is 0 Å². The minimum absolute atomic E-state index is 0. The highest BCUT2D eigenvalue weighted by Crippen LogP contribution is 2.17. The van der Waals surface area contributed by atoms with Crippen molar-refractivity contribution in [2.75, 3.05) is 27.2 Å². The molecule has 5 nitrogen and oxygen atoms in total. The summed E-state index contributed by atoms with van der Waals surface area (Å²) in [6, 6.07) is 8.66. The van der Waals surface area contributed by atoms with Gasteiger partial charge in [0.2, 0.25) is 5.91 Å². The number of likely N-dealkylation sites (tertiary alicyclic amines) is 1. The molecule has 1 N–H and O–H groups in total. The Morgan fingerprint density at radius 2 is 2.08 bits per heavy atom. The van der Waals surface area contributed by atoms with Crippen LogP contribution in [0, 0.1) is 0 Å². The molecule has 26 heavy (non-hydrogen) atoms. The molecule has 7 heteroatoms. The quantitative estimate of drug-likeness (QED) is 0.327. The Hall–Kier alpha value is -0.830. The van der Waals surface area contributed by atoms with E-state index in [0.717, 1.165) is 49.3 Å². The Kier molecular flexibility index (Phi) is 10.5. The zero-order valence-corrected chi connectivity index (χ0v) is 19.8. The van der Waals surface area contributed by atoms with E-state index in [9.17, 15) is 4.79 Å². The molecule has 146 valence electrons. The first-order valence-corrected chi connectivity index (χ1v) is 9.80. The van der Waals surface area contributed by atoms with E-state index in [-0.39, 0.29) is 24.0 Å². The van der Waals surface area contributed by atoms with Crippen LogP contribution < -0.4 is 5.32 Å². The van der Waals surface area contributed by atoms with Crippen molar-refractivity contribution < 1.29 is 4.79 Å². The van der Waals surface area contributed by atoms with Crippen molar-refractivity contribution in [3.63, 3.8) is 0 Å². The van der Waals surface area contributed by atoms with Crippen molar-refractivity contribution in [3.05, 3.63) is 34.3 Å². The summed E-state index contributed by atoms with van der Waals surface area (Å²) in [5.74, 6) is 1.19. The third-order valence-corrected chi connectivity index (χ3v) is 5.22. The standard InChI is InChI=1S/C19H29BrN4O.HI/c1-4-17(24-13-5-6-18(24)25)11-12-22-19(21-2)23(3)14-15-7-9-16(20)10-8-15;/h7-10,17H,4-6,11-14H2,1-3H3,(H,21,22);1H. The molecule has 1 aliphatic heterocycles. The highest BCUT2D eigenvalue weighted by atomic mass is 127. The number of guanidine groups is 1. The second kappa shape index (κ2) is 11.8. The fraction of sp³-hybridized carbons (Fsp3) is 0.579. The lowest BCUT2D eigenvalue weighted by Crippen LogP contribution is -2.42. The molecule has 0 spiro atoms. The maximum atomic E-state index is 11.9. The number of hydrogen-bond donors (Lipinski definition) is 1. The molecular weight excluding hydrogens is 507 g/mol. The molecule has 0 saturated carbocycles. The smallest absolute Gasteiger partial charge is 0.222 e. The Morgan fingerprint density at radius 1 is 1.38 bits per heavy atom. The predicted octanol–water partition coefficient (Wildman–Crippen LogP) is 3.87. The number of rotatable bonds is 7. The van der Waals surface area contributed by atoms with E-state index < -0.39 is 0 Å². The number of carbonyl (C=O) groups excluding carboxylic acids is 1. The minimum atomic E-state index is 0. The average molecular weight is 537 g/mol. The van der Waals surface area contributed by atoms with Crippen molar-refractivity contribution in [3.8, 4) is 0 Å². The monoisotopic (exact) mass is 536 g/mol. The molecule has 1 amide bonds. The van der Waals surface area contributed by atoms with Gasteiger partial charge in [0.15, 0.2) is 5.96 Å². The van der Waals surface area contributed by atoms with Crippen LogP contribution in [0.4, 0.5) is 0 Å². The van der Waals surface area contributed by atoms with Gasteiger partial charge >= 0.3 is 0 Å². The summed E-state index contributed by atoms with van der Waals surface area (Å²) in [5, 5.41) is 3.43. The third-order valence-electron chi connectivity index (χ3n) is 4.69. The molecule has 1 unspecified atom stereocenters. The number of aliphatic imine (C=N–C) groups is 1. The number of benzene rings is 1. The molecule has 1 aromatic carbocycles. The van der Waals surface area contributed by atoms with Gasteiger partial charge in [0.25, 0.3) is 0 Å². The number of hydrogen-bond acceptors (Lipinski definition) is 2. The number of halogens is 2. The highest BCUT2D eigenvalue weighted by molar-refractivity contribution is 14.0. The topological polar surface area (TPSA) is 47.9 Å². The van der Waals surface area contributed by atoms with Crippen molar-refractivity contribution >= 4 is 51.8 Å². The van der Waals surface area contributed by atoms with Gasteiger partial charge in [-0.05, 0) is 37.0 Å². The van der Waals surface area contributed by atoms with E-state index in [1.54, 1.807) is 0 Å². The van der Waals surface area contributed by atoms with Gasteiger partial charge < -0.3 is 15.1 Å². The Balaban J connectivity index is 0.00000338. The van der Waals surface area contributed by atoms with E-state index in [4.69, 9.17) is 0 Å². The summed E-state index contributed by atoms with van der Waals surface area (Å²) < 4.78 is 1.09. The molecule has 1 atom stereocenters. The first kappa shape index (κ1) is 23.2. The van der Waals surface area contributed by atoms with Crippen LogP contribution in [0.5, 0.6) is 0 Å². The molecular formula is C19H30BrIN4O. The first-order valence-electron chi connectivity index (χ1n) is 9.00. The van der Waals surface area contributed by atoms with Gasteiger partial charge in [0.1, 0.15) is 0 Å². The SMILES string of the molecule is CCC(CCNC(=NC)N(C)Cc1ccc(Br)cc1)N1CCCC1=O.I. The van der Waals surface area contributed by atoms with Crippen molar-refractivity contribution in [2.45, 2.75) is 45.2 Å². The Labute approximate surface area is 182 Å². The molecule has 2 rings (SSSR count). The molecule has 0 aliphatic carbocycles. The molecule has 1 saturated heterocycles. The van der Waals surface area contributed by atoms with E-state index >= 15 is 0 Å². The normalized spacial score (nSPS) is 15.6. The summed E-state index contributed by atoms with van der Waals surface area (Å²) in [7, 11) is 3.85. The van der Waals surface area contributed by atoms with E-state index in [1.165, 1.54) is 5.56 Å². The van der Waals surface area contributed by atoms with Gasteiger partial charge in [-0.25, -0.2) is 0 Å². The largest absolute Gasteiger partial charge is 0.356 e. The zero-order chi connectivity index (χ0) is 18.2. The molecule has 1 fully saturated rings. The average Bonchev–Trinajstić information content (AvgIpc) is 3.03. The summed E-state index contributed by atoms with van der Waals surface area (Å²) in [4.78, 5) is 20.5. The van der Waals surface area contributed by atoms with Gasteiger partial charge in [-0.2, -0.15) is 0 Å².